The number of rotatable bonds is 6. The number of carbonyl (C=O) groups excluding carboxylic acids is 4. The number of likely N-dealkylation sites (tertiary alicyclic amines) is 2. The lowest BCUT2D eigenvalue weighted by Crippen LogP contribution is -2.54. The van der Waals surface area contributed by atoms with Gasteiger partial charge in [0.05, 0.1) is 12.5 Å². The van der Waals surface area contributed by atoms with Gasteiger partial charge >= 0.3 is 6.09 Å². The summed E-state index contributed by atoms with van der Waals surface area (Å²) in [6.45, 7) is 6.59. The molecule has 0 N–H and O–H groups in total. The largest absolute Gasteiger partial charge is 0.450 e. The molecular formula is C20H32N4O5. The zero-order valence-electron chi connectivity index (χ0n) is 17.3. The average molecular weight is 408 g/mol. The van der Waals surface area contributed by atoms with Gasteiger partial charge in [-0.15, -0.1) is 0 Å². The van der Waals surface area contributed by atoms with Gasteiger partial charge in [0.1, 0.15) is 0 Å². The Balaban J connectivity index is 1.44. The molecule has 0 aromatic carbocycles. The summed E-state index contributed by atoms with van der Waals surface area (Å²) in [7, 11) is 0. The topological polar surface area (TPSA) is 90.5 Å². The van der Waals surface area contributed by atoms with E-state index in [1.54, 1.807) is 21.6 Å². The lowest BCUT2D eigenvalue weighted by Gasteiger charge is -2.38. The Hall–Kier alpha value is -2.32. The van der Waals surface area contributed by atoms with E-state index in [9.17, 15) is 19.2 Å². The molecule has 9 heteroatoms. The molecule has 3 heterocycles. The molecule has 0 spiro atoms. The van der Waals surface area contributed by atoms with Gasteiger partial charge in [-0.05, 0) is 26.2 Å². The third-order valence-corrected chi connectivity index (χ3v) is 5.99. The molecule has 3 aliphatic rings. The van der Waals surface area contributed by atoms with Gasteiger partial charge in [0.2, 0.25) is 17.7 Å². The Labute approximate surface area is 171 Å². The maximum Gasteiger partial charge on any atom is 0.409 e. The van der Waals surface area contributed by atoms with Crippen LogP contribution < -0.4 is 0 Å². The van der Waals surface area contributed by atoms with Crippen LogP contribution in [0.1, 0.15) is 39.0 Å². The molecule has 0 aromatic rings. The minimum atomic E-state index is -0.328. The summed E-state index contributed by atoms with van der Waals surface area (Å²) in [5.74, 6) is 0.176. The third-order valence-electron chi connectivity index (χ3n) is 5.99. The molecule has 1 atom stereocenters. The van der Waals surface area contributed by atoms with E-state index in [-0.39, 0.29) is 29.7 Å². The first-order valence-electron chi connectivity index (χ1n) is 10.8. The van der Waals surface area contributed by atoms with Crippen molar-refractivity contribution in [1.82, 2.24) is 19.6 Å². The van der Waals surface area contributed by atoms with Crippen LogP contribution >= 0.6 is 0 Å². The van der Waals surface area contributed by atoms with E-state index < -0.39 is 0 Å². The first kappa shape index (κ1) is 21.4. The van der Waals surface area contributed by atoms with Crippen molar-refractivity contribution in [3.05, 3.63) is 0 Å². The van der Waals surface area contributed by atoms with E-state index in [4.69, 9.17) is 4.74 Å². The molecule has 0 aromatic heterocycles. The molecule has 0 saturated carbocycles. The summed E-state index contributed by atoms with van der Waals surface area (Å²) in [6.07, 6.45) is 2.94. The van der Waals surface area contributed by atoms with Crippen LogP contribution in [0.15, 0.2) is 0 Å². The summed E-state index contributed by atoms with van der Waals surface area (Å²) in [4.78, 5) is 55.8. The lowest BCUT2D eigenvalue weighted by atomic mass is 9.95. The predicted molar refractivity (Wildman–Crippen MR) is 105 cm³/mol. The Morgan fingerprint density at radius 2 is 1.59 bits per heavy atom. The zero-order chi connectivity index (χ0) is 20.8. The van der Waals surface area contributed by atoms with Gasteiger partial charge in [-0.25, -0.2) is 4.79 Å². The number of ether oxygens (including phenoxy) is 1. The second kappa shape index (κ2) is 9.93. The fourth-order valence-corrected chi connectivity index (χ4v) is 4.31. The van der Waals surface area contributed by atoms with Crippen molar-refractivity contribution in [3.8, 4) is 0 Å². The highest BCUT2D eigenvalue weighted by atomic mass is 16.6. The van der Waals surface area contributed by atoms with Crippen LogP contribution in [0.4, 0.5) is 4.79 Å². The van der Waals surface area contributed by atoms with Gasteiger partial charge < -0.3 is 24.3 Å². The molecule has 29 heavy (non-hydrogen) atoms. The Morgan fingerprint density at radius 1 is 0.931 bits per heavy atom. The van der Waals surface area contributed by atoms with E-state index in [0.29, 0.717) is 71.7 Å². The number of hydrogen-bond donors (Lipinski definition) is 0. The zero-order valence-corrected chi connectivity index (χ0v) is 17.3. The highest BCUT2D eigenvalue weighted by Crippen LogP contribution is 2.21. The molecule has 3 rings (SSSR count). The number of hydrogen-bond acceptors (Lipinski definition) is 5. The highest BCUT2D eigenvalue weighted by Gasteiger charge is 2.34. The van der Waals surface area contributed by atoms with E-state index in [0.717, 1.165) is 19.4 Å². The smallest absolute Gasteiger partial charge is 0.409 e. The van der Waals surface area contributed by atoms with Crippen LogP contribution in [-0.4, -0.2) is 102 Å². The molecule has 3 aliphatic heterocycles. The molecule has 0 unspecified atom stereocenters. The summed E-state index contributed by atoms with van der Waals surface area (Å²) in [5, 5.41) is 0. The SMILES string of the molecule is CCOC(=O)N1CCN(C(=O)[C@H]2CCC(=O)N(CCCN3CCCC3=O)C2)CC1. The van der Waals surface area contributed by atoms with Crippen molar-refractivity contribution in [2.24, 2.45) is 5.92 Å². The normalized spacial score (nSPS) is 23.0. The first-order chi connectivity index (χ1) is 14.0. The standard InChI is InChI=1S/C20H32N4O5/c1-2-29-20(28)23-13-11-22(12-14-23)19(27)16-6-7-18(26)24(15-16)10-4-9-21-8-3-5-17(21)25/h16H,2-15H2,1H3/t16-/m0/s1. The molecular weight excluding hydrogens is 376 g/mol. The van der Waals surface area contributed by atoms with Crippen LogP contribution in [-0.2, 0) is 19.1 Å². The molecule has 162 valence electrons. The van der Waals surface area contributed by atoms with Crippen LogP contribution in [0.2, 0.25) is 0 Å². The van der Waals surface area contributed by atoms with Gasteiger partial charge in [0.25, 0.3) is 0 Å². The quantitative estimate of drug-likeness (QED) is 0.640. The summed E-state index contributed by atoms with van der Waals surface area (Å²) >= 11 is 0. The number of piperazine rings is 1. The first-order valence-corrected chi connectivity index (χ1v) is 10.8. The van der Waals surface area contributed by atoms with Gasteiger partial charge in [-0.2, -0.15) is 0 Å². The second-order valence-electron chi connectivity index (χ2n) is 7.92. The Morgan fingerprint density at radius 3 is 2.24 bits per heavy atom. The van der Waals surface area contributed by atoms with Crippen molar-refractivity contribution in [3.63, 3.8) is 0 Å². The summed E-state index contributed by atoms with van der Waals surface area (Å²) < 4.78 is 5.02. The van der Waals surface area contributed by atoms with Crippen molar-refractivity contribution in [2.45, 2.75) is 39.0 Å². The van der Waals surface area contributed by atoms with E-state index in [1.807, 2.05) is 4.90 Å². The monoisotopic (exact) mass is 408 g/mol. The fraction of sp³-hybridized carbons (Fsp3) is 0.800. The van der Waals surface area contributed by atoms with Crippen molar-refractivity contribution in [2.75, 3.05) is 59.0 Å². The summed E-state index contributed by atoms with van der Waals surface area (Å²) in [6, 6.07) is 0. The minimum Gasteiger partial charge on any atom is -0.450 e. The second-order valence-corrected chi connectivity index (χ2v) is 7.92. The molecule has 0 bridgehead atoms. The Kier molecular flexibility index (Phi) is 7.33. The molecule has 3 saturated heterocycles. The van der Waals surface area contributed by atoms with Crippen molar-refractivity contribution < 1.29 is 23.9 Å². The summed E-state index contributed by atoms with van der Waals surface area (Å²) in [5.41, 5.74) is 0. The van der Waals surface area contributed by atoms with E-state index >= 15 is 0 Å². The molecule has 4 amide bonds. The molecule has 3 fully saturated rings. The van der Waals surface area contributed by atoms with Gasteiger partial charge in [0, 0.05) is 65.2 Å². The van der Waals surface area contributed by atoms with Crippen molar-refractivity contribution in [1.29, 1.82) is 0 Å². The minimum absolute atomic E-state index is 0.0701. The maximum absolute atomic E-state index is 12.9. The fourth-order valence-electron chi connectivity index (χ4n) is 4.31. The third kappa shape index (κ3) is 5.39. The van der Waals surface area contributed by atoms with Gasteiger partial charge in [-0.3, -0.25) is 14.4 Å². The number of piperidine rings is 1. The highest BCUT2D eigenvalue weighted by molar-refractivity contribution is 5.84. The maximum atomic E-state index is 12.9. The van der Waals surface area contributed by atoms with Crippen LogP contribution in [0.25, 0.3) is 0 Å². The predicted octanol–water partition coefficient (Wildman–Crippen LogP) is 0.538. The van der Waals surface area contributed by atoms with E-state index in [2.05, 4.69) is 0 Å². The lowest BCUT2D eigenvalue weighted by molar-refractivity contribution is -0.144. The number of amides is 4. The Bertz CT molecular complexity index is 632. The molecule has 0 aliphatic carbocycles. The number of carbonyl (C=O) groups is 4. The van der Waals surface area contributed by atoms with Crippen LogP contribution in [0.5, 0.6) is 0 Å². The van der Waals surface area contributed by atoms with Crippen LogP contribution in [0, 0.1) is 5.92 Å². The molecule has 9 nitrogen and oxygen atoms in total. The van der Waals surface area contributed by atoms with Gasteiger partial charge in [-0.1, -0.05) is 0 Å². The number of nitrogens with zero attached hydrogens (tertiary/aromatic N) is 4. The van der Waals surface area contributed by atoms with Crippen LogP contribution in [0.3, 0.4) is 0 Å². The molecule has 0 radical (unpaired) electrons. The average Bonchev–Trinajstić information content (AvgIpc) is 3.14. The van der Waals surface area contributed by atoms with Crippen molar-refractivity contribution >= 4 is 23.8 Å². The van der Waals surface area contributed by atoms with E-state index in [1.165, 1.54) is 0 Å². The van der Waals surface area contributed by atoms with Gasteiger partial charge in [0.15, 0.2) is 0 Å².